The molecule has 8 rings (SSSR count). The molecule has 3 aliphatic heterocycles. The van der Waals surface area contributed by atoms with E-state index in [1.807, 2.05) is 54.6 Å². The SMILES string of the molecule is COc1nc(-c2cccc(-c3cccc(Nc4nccc5sc(CN6C[C@@H](O)CC6=O)nc45)c3Cl)c2Cl)ccc1CN1CC2(CCC(=O)N2)C1. The highest BCUT2D eigenvalue weighted by Gasteiger charge is 2.47. The molecular formula is C36H33Cl2N7O4S. The van der Waals surface area contributed by atoms with E-state index < -0.39 is 6.10 Å². The second kappa shape index (κ2) is 13.1. The molecule has 2 aromatic carbocycles. The average molecular weight is 731 g/mol. The van der Waals surface area contributed by atoms with Crippen LogP contribution in [0, 0.1) is 0 Å². The van der Waals surface area contributed by atoms with Crippen molar-refractivity contribution < 1.29 is 19.4 Å². The summed E-state index contributed by atoms with van der Waals surface area (Å²) in [5.41, 5.74) is 5.06. The number of aliphatic hydroxyl groups is 1. The number of anilines is 2. The lowest BCUT2D eigenvalue weighted by Crippen LogP contribution is -2.66. The van der Waals surface area contributed by atoms with Crippen molar-refractivity contribution in [3.05, 3.63) is 81.4 Å². The maximum atomic E-state index is 12.2. The number of thiazole rings is 1. The van der Waals surface area contributed by atoms with Crippen molar-refractivity contribution >= 4 is 68.1 Å². The van der Waals surface area contributed by atoms with Gasteiger partial charge in [0.1, 0.15) is 10.5 Å². The highest BCUT2D eigenvalue weighted by Crippen LogP contribution is 2.43. The number of rotatable bonds is 9. The fraction of sp³-hybridized carbons (Fsp3) is 0.306. The smallest absolute Gasteiger partial charge is 0.225 e. The Hall–Kier alpha value is -4.33. The number of halogens is 2. The normalized spacial score (nSPS) is 18.6. The summed E-state index contributed by atoms with van der Waals surface area (Å²) in [5.74, 6) is 1.12. The number of carbonyl (C=O) groups is 2. The van der Waals surface area contributed by atoms with E-state index in [0.29, 0.717) is 64.7 Å². The van der Waals surface area contributed by atoms with Crippen LogP contribution in [0.15, 0.2) is 60.8 Å². The standard InChI is InChI=1S/C36H33Cl2N7O4S/c1-49-35-20(15-44-18-36(19-44)12-10-28(47)43-36)8-9-25(41-35)24-6-2-4-22(31(24)37)23-5-3-7-26(32(23)38)40-34-33-27(11-13-39-34)50-29(42-33)17-45-16-21(46)14-30(45)48/h2-9,11,13,21,46H,10,12,14-19H2,1H3,(H,39,40)(H,43,47)/t21-/m0/s1. The first-order valence-electron chi connectivity index (χ1n) is 16.3. The number of nitrogens with zero attached hydrogens (tertiary/aromatic N) is 5. The molecule has 3 saturated heterocycles. The second-order valence-corrected chi connectivity index (χ2v) is 14.9. The molecule has 0 radical (unpaired) electrons. The van der Waals surface area contributed by atoms with Crippen LogP contribution in [0.1, 0.15) is 29.8 Å². The third-order valence-electron chi connectivity index (χ3n) is 9.50. The zero-order valence-corrected chi connectivity index (χ0v) is 29.4. The summed E-state index contributed by atoms with van der Waals surface area (Å²) in [7, 11) is 1.61. The first kappa shape index (κ1) is 32.9. The molecule has 0 unspecified atom stereocenters. The second-order valence-electron chi connectivity index (χ2n) is 13.0. The maximum Gasteiger partial charge on any atom is 0.225 e. The summed E-state index contributed by atoms with van der Waals surface area (Å²) in [6.07, 6.45) is 2.68. The monoisotopic (exact) mass is 729 g/mol. The van der Waals surface area contributed by atoms with Gasteiger partial charge in [0.2, 0.25) is 17.7 Å². The minimum atomic E-state index is -0.642. The third-order valence-corrected chi connectivity index (χ3v) is 11.3. The zero-order valence-electron chi connectivity index (χ0n) is 27.1. The van der Waals surface area contributed by atoms with E-state index in [-0.39, 0.29) is 23.8 Å². The van der Waals surface area contributed by atoms with Gasteiger partial charge in [-0.25, -0.2) is 15.0 Å². The van der Waals surface area contributed by atoms with Crippen molar-refractivity contribution in [1.82, 2.24) is 30.1 Å². The van der Waals surface area contributed by atoms with Crippen LogP contribution in [0.5, 0.6) is 5.88 Å². The molecule has 3 fully saturated rings. The van der Waals surface area contributed by atoms with E-state index in [4.69, 9.17) is 37.9 Å². The lowest BCUT2D eigenvalue weighted by Gasteiger charge is -2.48. The Kier molecular flexibility index (Phi) is 8.60. The molecule has 3 N–H and O–H groups in total. The van der Waals surface area contributed by atoms with E-state index in [0.717, 1.165) is 51.5 Å². The van der Waals surface area contributed by atoms with Gasteiger partial charge in [-0.1, -0.05) is 59.6 Å². The molecule has 5 aromatic rings. The van der Waals surface area contributed by atoms with Crippen molar-refractivity contribution in [2.24, 2.45) is 0 Å². The van der Waals surface area contributed by atoms with E-state index in [1.54, 1.807) is 18.2 Å². The number of β-amino-alcohol motifs (C(OH)–C–C–N with tert-alkyl or cyclic N) is 1. The number of benzene rings is 2. The molecule has 6 heterocycles. The van der Waals surface area contributed by atoms with Crippen LogP contribution in [0.3, 0.4) is 0 Å². The van der Waals surface area contributed by atoms with Crippen LogP contribution < -0.4 is 15.4 Å². The first-order valence-corrected chi connectivity index (χ1v) is 17.9. The van der Waals surface area contributed by atoms with Gasteiger partial charge in [-0.3, -0.25) is 14.5 Å². The number of pyridine rings is 2. The quantitative estimate of drug-likeness (QED) is 0.166. The largest absolute Gasteiger partial charge is 0.481 e. The Bertz CT molecular complexity index is 2150. The highest BCUT2D eigenvalue weighted by atomic mass is 35.5. The molecule has 11 nitrogen and oxygen atoms in total. The van der Waals surface area contributed by atoms with E-state index in [9.17, 15) is 14.7 Å². The molecule has 50 heavy (non-hydrogen) atoms. The van der Waals surface area contributed by atoms with Crippen LogP contribution in [-0.2, 0) is 22.7 Å². The zero-order chi connectivity index (χ0) is 34.6. The number of ether oxygens (including phenoxy) is 1. The number of nitrogens with one attached hydrogen (secondary N) is 2. The third kappa shape index (κ3) is 6.15. The van der Waals surface area contributed by atoms with Crippen LogP contribution in [0.25, 0.3) is 32.6 Å². The van der Waals surface area contributed by atoms with Crippen LogP contribution >= 0.6 is 34.5 Å². The topological polar surface area (TPSA) is 133 Å². The molecule has 14 heteroatoms. The molecule has 3 aliphatic rings. The van der Waals surface area contributed by atoms with Gasteiger partial charge in [-0.05, 0) is 24.6 Å². The average Bonchev–Trinajstić information content (AvgIpc) is 3.78. The minimum absolute atomic E-state index is 0.0797. The Morgan fingerprint density at radius 2 is 1.80 bits per heavy atom. The predicted octanol–water partition coefficient (Wildman–Crippen LogP) is 6.04. The van der Waals surface area contributed by atoms with Crippen molar-refractivity contribution in [1.29, 1.82) is 0 Å². The first-order chi connectivity index (χ1) is 24.2. The van der Waals surface area contributed by atoms with Gasteiger partial charge in [-0.2, -0.15) is 0 Å². The lowest BCUT2D eigenvalue weighted by molar-refractivity contribution is -0.128. The fourth-order valence-electron chi connectivity index (χ4n) is 7.12. The lowest BCUT2D eigenvalue weighted by atomic mass is 9.88. The van der Waals surface area contributed by atoms with Crippen LogP contribution in [0.2, 0.25) is 10.0 Å². The number of hydrogen-bond acceptors (Lipinski definition) is 10. The molecule has 1 atom stereocenters. The number of likely N-dealkylation sites (tertiary alicyclic amines) is 2. The highest BCUT2D eigenvalue weighted by molar-refractivity contribution is 7.18. The summed E-state index contributed by atoms with van der Waals surface area (Å²) in [5, 5.41) is 18.1. The molecule has 1 spiro atoms. The van der Waals surface area contributed by atoms with E-state index >= 15 is 0 Å². The number of hydrogen-bond donors (Lipinski definition) is 3. The van der Waals surface area contributed by atoms with Gasteiger partial charge in [0.25, 0.3) is 0 Å². The molecule has 0 bridgehead atoms. The van der Waals surface area contributed by atoms with Gasteiger partial charge < -0.3 is 25.4 Å². The number of carbonyl (C=O) groups excluding carboxylic acids is 2. The Balaban J connectivity index is 1.03. The molecule has 256 valence electrons. The molecule has 0 saturated carbocycles. The van der Waals surface area contributed by atoms with Crippen molar-refractivity contribution in [2.45, 2.75) is 44.0 Å². The number of amides is 2. The molecule has 0 aliphatic carbocycles. The van der Waals surface area contributed by atoms with Crippen molar-refractivity contribution in [2.75, 3.05) is 32.1 Å². The van der Waals surface area contributed by atoms with Gasteiger partial charge in [0.05, 0.1) is 57.8 Å². The van der Waals surface area contributed by atoms with E-state index in [2.05, 4.69) is 20.5 Å². The fourth-order valence-corrected chi connectivity index (χ4v) is 8.70. The molecular weight excluding hydrogens is 697 g/mol. The van der Waals surface area contributed by atoms with Gasteiger partial charge >= 0.3 is 0 Å². The van der Waals surface area contributed by atoms with Gasteiger partial charge in [0.15, 0.2) is 5.82 Å². The van der Waals surface area contributed by atoms with Gasteiger partial charge in [-0.15, -0.1) is 11.3 Å². The molecule has 3 aromatic heterocycles. The maximum absolute atomic E-state index is 12.2. The number of aromatic nitrogens is 3. The van der Waals surface area contributed by atoms with Crippen LogP contribution in [0.4, 0.5) is 11.5 Å². The summed E-state index contributed by atoms with van der Waals surface area (Å²) in [6.45, 7) is 2.94. The number of aliphatic hydroxyl groups excluding tert-OH is 1. The van der Waals surface area contributed by atoms with Crippen LogP contribution in [-0.4, -0.2) is 80.1 Å². The summed E-state index contributed by atoms with van der Waals surface area (Å²) < 4.78 is 6.63. The number of methoxy groups -OCH3 is 1. The minimum Gasteiger partial charge on any atom is -0.481 e. The van der Waals surface area contributed by atoms with Gasteiger partial charge in [0, 0.05) is 61.1 Å². The van der Waals surface area contributed by atoms with E-state index in [1.165, 1.54) is 11.3 Å². The summed E-state index contributed by atoms with van der Waals surface area (Å²) in [6, 6.07) is 17.3. The number of fused-ring (bicyclic) bond motifs is 1. The summed E-state index contributed by atoms with van der Waals surface area (Å²) in [4.78, 5) is 42.1. The predicted molar refractivity (Wildman–Crippen MR) is 194 cm³/mol. The van der Waals surface area contributed by atoms with Crippen molar-refractivity contribution in [3.8, 4) is 28.3 Å². The van der Waals surface area contributed by atoms with Crippen molar-refractivity contribution in [3.63, 3.8) is 0 Å². The Labute approximate surface area is 302 Å². The Morgan fingerprint density at radius 1 is 1.02 bits per heavy atom. The Morgan fingerprint density at radius 3 is 2.54 bits per heavy atom. The summed E-state index contributed by atoms with van der Waals surface area (Å²) >= 11 is 15.6. The molecule has 2 amide bonds.